The normalized spacial score (nSPS) is 13.7. The summed E-state index contributed by atoms with van der Waals surface area (Å²) in [6, 6.07) is 8.28. The molecule has 9 amide bonds. The number of fused-ring (bicyclic) bond motifs is 2. The van der Waals surface area contributed by atoms with E-state index in [1.807, 2.05) is 0 Å². The van der Waals surface area contributed by atoms with E-state index in [2.05, 4.69) is 36.9 Å². The van der Waals surface area contributed by atoms with E-state index >= 15 is 0 Å². The number of urea groups is 1. The van der Waals surface area contributed by atoms with Gasteiger partial charge in [0.25, 0.3) is 23.3 Å². The van der Waals surface area contributed by atoms with Crippen molar-refractivity contribution in [2.24, 2.45) is 11.7 Å². The third-order valence-corrected chi connectivity index (χ3v) is 10.7. The number of unbranched alkanes of at least 4 members (excludes halogenated alkanes) is 2. The molecule has 0 unspecified atom stereocenters. The molecule has 0 fully saturated rings. The predicted octanol–water partition coefficient (Wildman–Crippen LogP) is 0.195. The average Bonchev–Trinajstić information content (AvgIpc) is 3.91. The fourth-order valence-electron chi connectivity index (χ4n) is 7.11. The van der Waals surface area contributed by atoms with Gasteiger partial charge in [0.1, 0.15) is 36.8 Å². The van der Waals surface area contributed by atoms with Crippen molar-refractivity contribution >= 4 is 69.9 Å². The zero-order valence-corrected chi connectivity index (χ0v) is 37.4. The molecule has 5 rings (SSSR count). The van der Waals surface area contributed by atoms with E-state index in [1.165, 1.54) is 18.2 Å². The Hall–Kier alpha value is -7.65. The van der Waals surface area contributed by atoms with Crippen molar-refractivity contribution in [3.05, 3.63) is 76.4 Å². The van der Waals surface area contributed by atoms with Gasteiger partial charge in [-0.2, -0.15) is 0 Å². The number of aromatic nitrogens is 2. The molecular formula is C45H56N10O12. The van der Waals surface area contributed by atoms with E-state index in [1.54, 1.807) is 54.8 Å². The van der Waals surface area contributed by atoms with Gasteiger partial charge in [-0.15, -0.1) is 0 Å². The van der Waals surface area contributed by atoms with Crippen LogP contribution in [0, 0.1) is 5.92 Å². The van der Waals surface area contributed by atoms with Crippen LogP contribution in [0.4, 0.5) is 10.5 Å². The molecule has 8 N–H and O–H groups in total. The monoisotopic (exact) mass is 928 g/mol. The van der Waals surface area contributed by atoms with Crippen LogP contribution >= 0.6 is 0 Å². The lowest BCUT2D eigenvalue weighted by atomic mass is 10.0. The molecule has 3 aromatic rings. The van der Waals surface area contributed by atoms with Gasteiger partial charge in [0, 0.05) is 50.3 Å². The highest BCUT2D eigenvalue weighted by molar-refractivity contribution is 6.12. The molecule has 2 aliphatic rings. The van der Waals surface area contributed by atoms with Gasteiger partial charge in [-0.25, -0.2) is 9.78 Å². The van der Waals surface area contributed by atoms with Gasteiger partial charge < -0.3 is 47.1 Å². The Kier molecular flexibility index (Phi) is 18.5. The van der Waals surface area contributed by atoms with Crippen molar-refractivity contribution in [1.29, 1.82) is 0 Å². The molecule has 0 radical (unpaired) electrons. The van der Waals surface area contributed by atoms with Gasteiger partial charge in [0.2, 0.25) is 23.6 Å². The number of carbonyl (C=O) groups excluding carboxylic acids is 9. The third-order valence-electron chi connectivity index (χ3n) is 10.7. The molecule has 358 valence electrons. The molecule has 0 aliphatic carbocycles. The van der Waals surface area contributed by atoms with Crippen molar-refractivity contribution in [3.8, 4) is 5.75 Å². The predicted molar refractivity (Wildman–Crippen MR) is 241 cm³/mol. The number of carbonyl (C=O) groups is 9. The van der Waals surface area contributed by atoms with Gasteiger partial charge in [-0.05, 0) is 73.9 Å². The van der Waals surface area contributed by atoms with Crippen LogP contribution < -0.4 is 47.9 Å². The summed E-state index contributed by atoms with van der Waals surface area (Å²) in [5, 5.41) is 15.8. The largest absolute Gasteiger partial charge is 0.484 e. The fraction of sp³-hybridized carbons (Fsp3) is 0.444. The van der Waals surface area contributed by atoms with Crippen LogP contribution in [-0.4, -0.2) is 113 Å². The highest BCUT2D eigenvalue weighted by Gasteiger charge is 2.29. The summed E-state index contributed by atoms with van der Waals surface area (Å²) >= 11 is 0. The van der Waals surface area contributed by atoms with Gasteiger partial charge >= 0.3 is 12.0 Å². The lowest BCUT2D eigenvalue weighted by Gasteiger charge is -2.25. The fourth-order valence-corrected chi connectivity index (χ4v) is 7.11. The number of ether oxygens (including phenoxy) is 2. The first-order chi connectivity index (χ1) is 32.1. The Morgan fingerprint density at radius 1 is 0.806 bits per heavy atom. The number of aryl methyl sites for hydroxylation is 1. The Bertz CT molecular complexity index is 2420. The topological polar surface area (TPSA) is 308 Å². The first-order valence-electron chi connectivity index (χ1n) is 22.0. The maximum Gasteiger partial charge on any atom is 0.325 e. The number of hydrogen-bond acceptors (Lipinski definition) is 13. The molecule has 3 heterocycles. The molecule has 1 aromatic heterocycles. The number of benzene rings is 2. The second-order valence-corrected chi connectivity index (χ2v) is 16.2. The molecule has 2 aliphatic heterocycles. The highest BCUT2D eigenvalue weighted by Crippen LogP contribution is 2.20. The van der Waals surface area contributed by atoms with Crippen LogP contribution in [0.5, 0.6) is 5.75 Å². The number of imide groups is 1. The second-order valence-electron chi connectivity index (χ2n) is 16.2. The molecule has 0 saturated carbocycles. The highest BCUT2D eigenvalue weighted by atomic mass is 16.5. The van der Waals surface area contributed by atoms with Crippen molar-refractivity contribution in [1.82, 2.24) is 41.0 Å². The summed E-state index contributed by atoms with van der Waals surface area (Å²) in [6.07, 6.45) is 6.04. The van der Waals surface area contributed by atoms with E-state index < -0.39 is 67.4 Å². The molecule has 67 heavy (non-hydrogen) atoms. The van der Waals surface area contributed by atoms with Gasteiger partial charge in [0.05, 0.1) is 17.4 Å². The number of nitrogens with one attached hydrogen (secondary N) is 6. The minimum absolute atomic E-state index is 0.101. The molecule has 2 aromatic carbocycles. The number of amides is 9. The van der Waals surface area contributed by atoms with E-state index in [4.69, 9.17) is 15.2 Å². The summed E-state index contributed by atoms with van der Waals surface area (Å²) in [6.45, 7) is 2.98. The van der Waals surface area contributed by atoms with Crippen molar-refractivity contribution in [2.45, 2.75) is 90.4 Å². The van der Waals surface area contributed by atoms with Crippen LogP contribution in [-0.2, 0) is 62.7 Å². The zero-order chi connectivity index (χ0) is 48.5. The molecule has 22 nitrogen and oxygen atoms in total. The number of rotatable bonds is 25. The first kappa shape index (κ1) is 50.4. The summed E-state index contributed by atoms with van der Waals surface area (Å²) in [5.41, 5.74) is 6.44. The Labute approximate surface area is 385 Å². The summed E-state index contributed by atoms with van der Waals surface area (Å²) in [4.78, 5) is 130. The third kappa shape index (κ3) is 15.5. The molecule has 22 heteroatoms. The maximum absolute atomic E-state index is 13.5. The first-order valence-corrected chi connectivity index (χ1v) is 22.0. The van der Waals surface area contributed by atoms with Crippen LogP contribution in [0.3, 0.4) is 0 Å². The molecule has 0 saturated heterocycles. The SMILES string of the molecule is CC(C)[C@H](NC(=O)CCCCCN1C(=O)C=CC1=O)C(=O)N[C@@H](CCCNC(N)=O)C(=O)Nc1ccc(COC(=O)CNC(=O)CNC(=O)COc2ccc3nc4n(c(=O)c3c2)CCC4)cc1. The molecule has 0 bridgehead atoms. The van der Waals surface area contributed by atoms with Gasteiger partial charge in [-0.1, -0.05) is 32.4 Å². The van der Waals surface area contributed by atoms with Gasteiger partial charge in [-0.3, -0.25) is 52.6 Å². The minimum Gasteiger partial charge on any atom is -0.484 e. The molecule has 2 atom stereocenters. The summed E-state index contributed by atoms with van der Waals surface area (Å²) in [5.74, 6) is -3.60. The number of nitrogens with two attached hydrogens (primary N) is 1. The second kappa shape index (κ2) is 24.6. The number of esters is 1. The van der Waals surface area contributed by atoms with E-state index in [-0.39, 0.29) is 68.2 Å². The van der Waals surface area contributed by atoms with Gasteiger partial charge in [0.15, 0.2) is 6.61 Å². The number of anilines is 1. The standard InChI is InChI=1S/C45H56N10O12/c1-27(2)41(53-35(56)10-4-3-5-20-55-38(59)17-18-39(55)60)43(63)52-33(8-6-19-47-45(46)65)42(62)50-29-13-11-28(12-14-29)25-67-40(61)24-49-36(57)23-48-37(58)26-66-30-15-16-32-31(22-30)44(64)54-21-7-9-34(54)51-32/h11-18,22,27,33,41H,3-10,19-21,23-26H2,1-2H3,(H,48,58)(H,49,57)(H,50,62)(H,52,63)(H,53,56)(H3,46,47,65)/t33-,41-/m0/s1. The average molecular weight is 929 g/mol. The number of primary amides is 1. The van der Waals surface area contributed by atoms with Crippen LogP contribution in [0.25, 0.3) is 10.9 Å². The molecule has 0 spiro atoms. The number of hydrogen-bond donors (Lipinski definition) is 7. The Morgan fingerprint density at radius 3 is 2.25 bits per heavy atom. The lowest BCUT2D eigenvalue weighted by molar-refractivity contribution is -0.145. The smallest absolute Gasteiger partial charge is 0.325 e. The van der Waals surface area contributed by atoms with Crippen LogP contribution in [0.15, 0.2) is 59.4 Å². The van der Waals surface area contributed by atoms with Crippen molar-refractivity contribution < 1.29 is 52.6 Å². The van der Waals surface area contributed by atoms with E-state index in [0.717, 1.165) is 23.6 Å². The number of nitrogens with zero attached hydrogens (tertiary/aromatic N) is 3. The molecular weight excluding hydrogens is 873 g/mol. The summed E-state index contributed by atoms with van der Waals surface area (Å²) in [7, 11) is 0. The lowest BCUT2D eigenvalue weighted by Crippen LogP contribution is -2.54. The van der Waals surface area contributed by atoms with E-state index in [0.29, 0.717) is 53.7 Å². The Morgan fingerprint density at radius 2 is 1.54 bits per heavy atom. The summed E-state index contributed by atoms with van der Waals surface area (Å²) < 4.78 is 12.4. The van der Waals surface area contributed by atoms with Crippen LogP contribution in [0.2, 0.25) is 0 Å². The Balaban J connectivity index is 1.01. The zero-order valence-electron chi connectivity index (χ0n) is 37.4. The van der Waals surface area contributed by atoms with Crippen molar-refractivity contribution in [2.75, 3.05) is 38.1 Å². The quantitative estimate of drug-likeness (QED) is 0.0340. The van der Waals surface area contributed by atoms with Crippen LogP contribution in [0.1, 0.15) is 70.2 Å². The van der Waals surface area contributed by atoms with Crippen molar-refractivity contribution in [3.63, 3.8) is 0 Å². The van der Waals surface area contributed by atoms with E-state index in [9.17, 15) is 47.9 Å². The maximum atomic E-state index is 13.5. The minimum atomic E-state index is -1.08.